The highest BCUT2D eigenvalue weighted by Crippen LogP contribution is 2.19. The maximum atomic E-state index is 12.2. The number of aromatic nitrogens is 5. The van der Waals surface area contributed by atoms with E-state index in [9.17, 15) is 15.2 Å². The Morgan fingerprint density at radius 3 is 2.69 bits per heavy atom. The van der Waals surface area contributed by atoms with Crippen molar-refractivity contribution in [3.63, 3.8) is 0 Å². The van der Waals surface area contributed by atoms with E-state index in [4.69, 9.17) is 4.74 Å². The van der Waals surface area contributed by atoms with Crippen molar-refractivity contribution in [2.75, 3.05) is 6.61 Å². The molecule has 0 radical (unpaired) electrons. The molecule has 29 heavy (non-hydrogen) atoms. The van der Waals surface area contributed by atoms with E-state index in [-0.39, 0.29) is 17.2 Å². The Balaban J connectivity index is 1.48. The van der Waals surface area contributed by atoms with Gasteiger partial charge in [-0.15, -0.1) is 0 Å². The fourth-order valence-corrected chi connectivity index (χ4v) is 2.71. The molecule has 0 amide bonds. The Labute approximate surface area is 164 Å². The Morgan fingerprint density at radius 1 is 1.21 bits per heavy atom. The van der Waals surface area contributed by atoms with E-state index in [1.54, 1.807) is 41.1 Å². The monoisotopic (exact) mass is 386 g/mol. The van der Waals surface area contributed by atoms with Crippen LogP contribution in [0.5, 0.6) is 0 Å². The molecule has 2 aromatic heterocycles. The first-order valence-corrected chi connectivity index (χ1v) is 8.55. The van der Waals surface area contributed by atoms with Gasteiger partial charge in [0, 0.05) is 0 Å². The van der Waals surface area contributed by atoms with E-state index in [1.807, 2.05) is 18.2 Å². The molecule has 0 fully saturated rings. The van der Waals surface area contributed by atoms with Crippen molar-refractivity contribution in [1.82, 2.24) is 24.7 Å². The predicted molar refractivity (Wildman–Crippen MR) is 103 cm³/mol. The zero-order valence-electron chi connectivity index (χ0n) is 15.0. The minimum Gasteiger partial charge on any atom is -0.507 e. The van der Waals surface area contributed by atoms with E-state index in [2.05, 4.69) is 20.1 Å². The lowest BCUT2D eigenvalue weighted by atomic mass is 10.2. The van der Waals surface area contributed by atoms with Crippen molar-refractivity contribution in [1.29, 1.82) is 5.26 Å². The molecule has 0 bridgehead atoms. The standard InChI is InChI=1S/C20H14N6O3/c21-9-15(19-24-16-3-1-2-4-17(16)25-19)18(27)10-29-20(28)13-5-7-14(8-6-13)26-12-22-11-23-26/h1-8,11-12,27H,10H2,(H,24,25)/b18-15-. The number of H-pyrrole nitrogens is 1. The van der Waals surface area contributed by atoms with E-state index in [0.29, 0.717) is 11.1 Å². The summed E-state index contributed by atoms with van der Waals surface area (Å²) in [7, 11) is 0. The molecule has 9 nitrogen and oxygen atoms in total. The molecule has 2 heterocycles. The molecule has 0 aliphatic rings. The summed E-state index contributed by atoms with van der Waals surface area (Å²) >= 11 is 0. The lowest BCUT2D eigenvalue weighted by Crippen LogP contribution is -2.09. The van der Waals surface area contributed by atoms with Crippen LogP contribution in [0.3, 0.4) is 0 Å². The third-order valence-corrected chi connectivity index (χ3v) is 4.15. The van der Waals surface area contributed by atoms with Gasteiger partial charge in [-0.3, -0.25) is 0 Å². The van der Waals surface area contributed by atoms with Crippen LogP contribution >= 0.6 is 0 Å². The number of esters is 1. The topological polar surface area (TPSA) is 130 Å². The first kappa shape index (κ1) is 17.9. The number of hydrogen-bond donors (Lipinski definition) is 2. The van der Waals surface area contributed by atoms with E-state index < -0.39 is 12.6 Å². The molecule has 0 saturated heterocycles. The third kappa shape index (κ3) is 3.68. The second kappa shape index (κ2) is 7.66. The first-order chi connectivity index (χ1) is 14.2. The number of nitrogens with one attached hydrogen (secondary N) is 1. The minimum absolute atomic E-state index is 0.0875. The Kier molecular flexibility index (Phi) is 4.74. The van der Waals surface area contributed by atoms with Gasteiger partial charge in [-0.05, 0) is 36.4 Å². The van der Waals surface area contributed by atoms with Gasteiger partial charge in [0.05, 0.1) is 22.3 Å². The fraction of sp³-hybridized carbons (Fsp3) is 0.0500. The SMILES string of the molecule is N#C/C(=C(/O)COC(=O)c1ccc(-n2cncn2)cc1)c1nc2ccccc2[nH]1. The number of carbonyl (C=O) groups excluding carboxylic acids is 1. The Hall–Kier alpha value is -4.45. The predicted octanol–water partition coefficient (Wildman–Crippen LogP) is 2.79. The average molecular weight is 386 g/mol. The Bertz CT molecular complexity index is 1200. The molecule has 9 heteroatoms. The second-order valence-electron chi connectivity index (χ2n) is 6.00. The average Bonchev–Trinajstić information content (AvgIpc) is 3.42. The van der Waals surface area contributed by atoms with Crippen LogP contribution < -0.4 is 0 Å². The molecule has 2 aromatic carbocycles. The van der Waals surface area contributed by atoms with Crippen LogP contribution in [-0.4, -0.2) is 42.4 Å². The highest BCUT2D eigenvalue weighted by molar-refractivity contribution is 5.90. The summed E-state index contributed by atoms with van der Waals surface area (Å²) < 4.78 is 6.68. The van der Waals surface area contributed by atoms with E-state index in [1.165, 1.54) is 12.7 Å². The molecular weight excluding hydrogens is 372 g/mol. The second-order valence-corrected chi connectivity index (χ2v) is 6.00. The summed E-state index contributed by atoms with van der Waals surface area (Å²) in [4.78, 5) is 23.3. The molecule has 0 aliphatic heterocycles. The summed E-state index contributed by atoms with van der Waals surface area (Å²) in [5, 5.41) is 23.7. The van der Waals surface area contributed by atoms with Crippen LogP contribution in [0, 0.1) is 11.3 Å². The van der Waals surface area contributed by atoms with Gasteiger partial charge in [0.15, 0.2) is 11.6 Å². The van der Waals surface area contributed by atoms with Gasteiger partial charge in [0.2, 0.25) is 0 Å². The highest BCUT2D eigenvalue weighted by Gasteiger charge is 2.15. The summed E-state index contributed by atoms with van der Waals surface area (Å²) in [6, 6.07) is 15.7. The molecular formula is C20H14N6O3. The van der Waals surface area contributed by atoms with Crippen molar-refractivity contribution in [2.45, 2.75) is 0 Å². The van der Waals surface area contributed by atoms with Crippen molar-refractivity contribution in [3.05, 3.63) is 78.3 Å². The highest BCUT2D eigenvalue weighted by atomic mass is 16.5. The number of aliphatic hydroxyl groups excluding tert-OH is 1. The number of ether oxygens (including phenoxy) is 1. The normalized spacial score (nSPS) is 11.7. The van der Waals surface area contributed by atoms with Crippen molar-refractivity contribution < 1.29 is 14.6 Å². The number of allylic oxidation sites excluding steroid dienone is 1. The number of aliphatic hydroxyl groups is 1. The number of imidazole rings is 1. The molecule has 4 aromatic rings. The smallest absolute Gasteiger partial charge is 0.338 e. The quantitative estimate of drug-likeness (QED) is 0.306. The summed E-state index contributed by atoms with van der Waals surface area (Å²) in [5.74, 6) is -0.817. The third-order valence-electron chi connectivity index (χ3n) is 4.15. The van der Waals surface area contributed by atoms with Crippen LogP contribution in [-0.2, 0) is 4.74 Å². The molecule has 0 spiro atoms. The van der Waals surface area contributed by atoms with Gasteiger partial charge in [-0.1, -0.05) is 12.1 Å². The largest absolute Gasteiger partial charge is 0.507 e. The van der Waals surface area contributed by atoms with Gasteiger partial charge in [0.1, 0.15) is 30.9 Å². The molecule has 0 unspecified atom stereocenters. The van der Waals surface area contributed by atoms with Gasteiger partial charge in [-0.25, -0.2) is 19.4 Å². The minimum atomic E-state index is -0.636. The van der Waals surface area contributed by atoms with Crippen LogP contribution in [0.2, 0.25) is 0 Å². The van der Waals surface area contributed by atoms with Gasteiger partial charge < -0.3 is 14.8 Å². The first-order valence-electron chi connectivity index (χ1n) is 8.55. The molecule has 0 aliphatic carbocycles. The number of para-hydroxylation sites is 2. The number of rotatable bonds is 5. The number of nitriles is 1. The van der Waals surface area contributed by atoms with Gasteiger partial charge in [-0.2, -0.15) is 10.4 Å². The maximum absolute atomic E-state index is 12.2. The number of fused-ring (bicyclic) bond motifs is 1. The van der Waals surface area contributed by atoms with Crippen LogP contribution in [0.25, 0.3) is 22.3 Å². The van der Waals surface area contributed by atoms with Crippen LogP contribution in [0.4, 0.5) is 0 Å². The molecule has 0 atom stereocenters. The lowest BCUT2D eigenvalue weighted by Gasteiger charge is -2.06. The molecule has 4 rings (SSSR count). The molecule has 2 N–H and O–H groups in total. The zero-order valence-corrected chi connectivity index (χ0v) is 15.0. The van der Waals surface area contributed by atoms with Crippen molar-refractivity contribution in [3.8, 4) is 11.8 Å². The van der Waals surface area contributed by atoms with Crippen LogP contribution in [0.15, 0.2) is 66.9 Å². The number of benzene rings is 2. The van der Waals surface area contributed by atoms with Crippen molar-refractivity contribution >= 4 is 22.6 Å². The summed E-state index contributed by atoms with van der Waals surface area (Å²) in [6.45, 7) is -0.455. The van der Waals surface area contributed by atoms with Crippen molar-refractivity contribution in [2.24, 2.45) is 0 Å². The lowest BCUT2D eigenvalue weighted by molar-refractivity contribution is 0.0503. The summed E-state index contributed by atoms with van der Waals surface area (Å²) in [5.41, 5.74) is 2.33. The van der Waals surface area contributed by atoms with Gasteiger partial charge in [0.25, 0.3) is 0 Å². The number of nitrogens with zero attached hydrogens (tertiary/aromatic N) is 5. The summed E-state index contributed by atoms with van der Waals surface area (Å²) in [6.07, 6.45) is 2.95. The van der Waals surface area contributed by atoms with E-state index in [0.717, 1.165) is 11.2 Å². The zero-order chi connectivity index (χ0) is 20.2. The fourth-order valence-electron chi connectivity index (χ4n) is 2.71. The van der Waals surface area contributed by atoms with E-state index >= 15 is 0 Å². The Morgan fingerprint density at radius 2 is 2.00 bits per heavy atom. The van der Waals surface area contributed by atoms with Crippen LogP contribution in [0.1, 0.15) is 16.2 Å². The molecule has 0 saturated carbocycles. The molecule has 142 valence electrons. The number of hydrogen-bond acceptors (Lipinski definition) is 7. The maximum Gasteiger partial charge on any atom is 0.338 e. The van der Waals surface area contributed by atoms with Gasteiger partial charge >= 0.3 is 5.97 Å². The number of carbonyl (C=O) groups is 1. The number of aromatic amines is 1.